The molecule has 2 heteroatoms. The lowest BCUT2D eigenvalue weighted by Crippen LogP contribution is -2.35. The van der Waals surface area contributed by atoms with E-state index >= 15 is 0 Å². The third-order valence-electron chi connectivity index (χ3n) is 3.11. The lowest BCUT2D eigenvalue weighted by Gasteiger charge is -2.27. The summed E-state index contributed by atoms with van der Waals surface area (Å²) in [5.74, 6) is 0.814. The Hall–Kier alpha value is 0.250. The molecular formula is C11H22ClN. The van der Waals surface area contributed by atoms with Crippen LogP contribution in [0.1, 0.15) is 46.0 Å². The zero-order chi connectivity index (χ0) is 9.68. The van der Waals surface area contributed by atoms with Crippen molar-refractivity contribution in [3.63, 3.8) is 0 Å². The topological polar surface area (TPSA) is 12.0 Å². The molecular weight excluding hydrogens is 182 g/mol. The Kier molecular flexibility index (Phi) is 5.12. The monoisotopic (exact) mass is 203 g/mol. The quantitative estimate of drug-likeness (QED) is 0.693. The molecule has 0 radical (unpaired) electrons. The van der Waals surface area contributed by atoms with Gasteiger partial charge in [0.15, 0.2) is 0 Å². The minimum absolute atomic E-state index is 0.446. The third kappa shape index (κ3) is 4.33. The minimum atomic E-state index is 0.446. The highest BCUT2D eigenvalue weighted by Gasteiger charge is 2.18. The molecule has 0 aromatic carbocycles. The summed E-state index contributed by atoms with van der Waals surface area (Å²) < 4.78 is 0. The molecule has 1 atom stereocenters. The molecule has 78 valence electrons. The highest BCUT2D eigenvalue weighted by atomic mass is 35.5. The first-order chi connectivity index (χ1) is 6.22. The van der Waals surface area contributed by atoms with Gasteiger partial charge in [-0.15, -0.1) is 11.6 Å². The Bertz CT molecular complexity index is 130. The summed E-state index contributed by atoms with van der Waals surface area (Å²) >= 11 is 6.04. The van der Waals surface area contributed by atoms with Crippen LogP contribution in [0.5, 0.6) is 0 Å². The van der Waals surface area contributed by atoms with E-state index in [0.717, 1.165) is 12.0 Å². The summed E-state index contributed by atoms with van der Waals surface area (Å²) in [5.41, 5.74) is 0. The Balaban J connectivity index is 2.08. The van der Waals surface area contributed by atoms with Crippen molar-refractivity contribution in [2.75, 3.05) is 6.54 Å². The summed E-state index contributed by atoms with van der Waals surface area (Å²) in [6.45, 7) is 5.73. The maximum Gasteiger partial charge on any atom is 0.0337 e. The van der Waals surface area contributed by atoms with E-state index in [1.54, 1.807) is 0 Å². The average Bonchev–Trinajstić information content (AvgIpc) is 2.16. The summed E-state index contributed by atoms with van der Waals surface area (Å²) in [6.07, 6.45) is 6.20. The second kappa shape index (κ2) is 5.87. The molecule has 0 aromatic rings. The van der Waals surface area contributed by atoms with E-state index in [4.69, 9.17) is 11.6 Å². The van der Waals surface area contributed by atoms with Crippen LogP contribution in [0.4, 0.5) is 0 Å². The van der Waals surface area contributed by atoms with Crippen molar-refractivity contribution in [3.05, 3.63) is 0 Å². The van der Waals surface area contributed by atoms with Gasteiger partial charge in [-0.2, -0.15) is 0 Å². The van der Waals surface area contributed by atoms with Crippen molar-refractivity contribution in [2.24, 2.45) is 5.92 Å². The van der Waals surface area contributed by atoms with E-state index in [-0.39, 0.29) is 0 Å². The number of hydrogen-bond acceptors (Lipinski definition) is 1. The highest BCUT2D eigenvalue weighted by Crippen LogP contribution is 2.22. The van der Waals surface area contributed by atoms with E-state index in [2.05, 4.69) is 19.2 Å². The molecule has 0 heterocycles. The average molecular weight is 204 g/mol. The molecule has 1 nitrogen and oxygen atoms in total. The lowest BCUT2D eigenvalue weighted by atomic mass is 9.94. The van der Waals surface area contributed by atoms with Gasteiger partial charge in [-0.3, -0.25) is 0 Å². The zero-order valence-corrected chi connectivity index (χ0v) is 9.61. The van der Waals surface area contributed by atoms with Gasteiger partial charge in [0.05, 0.1) is 0 Å². The van der Waals surface area contributed by atoms with Crippen LogP contribution >= 0.6 is 11.6 Å². The molecule has 1 rings (SSSR count). The van der Waals surface area contributed by atoms with Crippen molar-refractivity contribution < 1.29 is 0 Å². The first-order valence-corrected chi connectivity index (χ1v) is 6.03. The van der Waals surface area contributed by atoms with Crippen LogP contribution in [0, 0.1) is 5.92 Å². The number of hydrogen-bond donors (Lipinski definition) is 1. The molecule has 0 bridgehead atoms. The summed E-state index contributed by atoms with van der Waals surface area (Å²) in [4.78, 5) is 0. The van der Waals surface area contributed by atoms with Crippen LogP contribution in [-0.2, 0) is 0 Å². The fraction of sp³-hybridized carbons (Fsp3) is 1.00. The maximum absolute atomic E-state index is 6.04. The smallest absolute Gasteiger partial charge is 0.0337 e. The SMILES string of the molecule is CCC(C)CNC1CCC(Cl)CC1. The van der Waals surface area contributed by atoms with Gasteiger partial charge in [-0.25, -0.2) is 0 Å². The van der Waals surface area contributed by atoms with Crippen LogP contribution in [0.25, 0.3) is 0 Å². The van der Waals surface area contributed by atoms with Gasteiger partial charge >= 0.3 is 0 Å². The van der Waals surface area contributed by atoms with Gasteiger partial charge in [0.25, 0.3) is 0 Å². The van der Waals surface area contributed by atoms with Crippen molar-refractivity contribution in [3.8, 4) is 0 Å². The molecule has 0 saturated heterocycles. The summed E-state index contributed by atoms with van der Waals surface area (Å²) in [6, 6.07) is 0.740. The van der Waals surface area contributed by atoms with Crippen molar-refractivity contribution in [1.29, 1.82) is 0 Å². The van der Waals surface area contributed by atoms with E-state index in [9.17, 15) is 0 Å². The van der Waals surface area contributed by atoms with E-state index in [1.165, 1.54) is 38.6 Å². The number of rotatable bonds is 4. The van der Waals surface area contributed by atoms with Crippen LogP contribution in [0.15, 0.2) is 0 Å². The first-order valence-electron chi connectivity index (χ1n) is 5.59. The Morgan fingerprint density at radius 3 is 2.46 bits per heavy atom. The standard InChI is InChI=1S/C11H22ClN/c1-3-9(2)8-13-11-6-4-10(12)5-7-11/h9-11,13H,3-8H2,1-2H3. The minimum Gasteiger partial charge on any atom is -0.314 e. The molecule has 1 unspecified atom stereocenters. The van der Waals surface area contributed by atoms with Crippen LogP contribution < -0.4 is 5.32 Å². The van der Waals surface area contributed by atoms with Crippen molar-refractivity contribution in [2.45, 2.75) is 57.4 Å². The van der Waals surface area contributed by atoms with Crippen molar-refractivity contribution in [1.82, 2.24) is 5.32 Å². The molecule has 0 aromatic heterocycles. The van der Waals surface area contributed by atoms with E-state index < -0.39 is 0 Å². The fourth-order valence-electron chi connectivity index (χ4n) is 1.77. The summed E-state index contributed by atoms with van der Waals surface area (Å²) in [7, 11) is 0. The van der Waals surface area contributed by atoms with E-state index in [1.807, 2.05) is 0 Å². The highest BCUT2D eigenvalue weighted by molar-refractivity contribution is 6.20. The van der Waals surface area contributed by atoms with Gasteiger partial charge in [0, 0.05) is 11.4 Å². The normalized spacial score (nSPS) is 31.6. The summed E-state index contributed by atoms with van der Waals surface area (Å²) in [5, 5.41) is 4.08. The molecule has 1 aliphatic carbocycles. The van der Waals surface area contributed by atoms with E-state index in [0.29, 0.717) is 5.38 Å². The number of halogens is 1. The Morgan fingerprint density at radius 1 is 1.31 bits per heavy atom. The second-order valence-corrected chi connectivity index (χ2v) is 4.99. The van der Waals surface area contributed by atoms with Gasteiger partial charge in [0.1, 0.15) is 0 Å². The van der Waals surface area contributed by atoms with Gasteiger partial charge in [-0.1, -0.05) is 20.3 Å². The molecule has 1 N–H and O–H groups in total. The number of alkyl halides is 1. The third-order valence-corrected chi connectivity index (χ3v) is 3.55. The van der Waals surface area contributed by atoms with Gasteiger partial charge in [-0.05, 0) is 38.1 Å². The molecule has 1 fully saturated rings. The molecule has 0 amide bonds. The Morgan fingerprint density at radius 2 is 1.92 bits per heavy atom. The van der Waals surface area contributed by atoms with Crippen molar-refractivity contribution >= 4 is 11.6 Å². The second-order valence-electron chi connectivity index (χ2n) is 4.37. The van der Waals surface area contributed by atoms with Gasteiger partial charge in [0.2, 0.25) is 0 Å². The first kappa shape index (κ1) is 11.3. The predicted octanol–water partition coefficient (Wildman–Crippen LogP) is 3.17. The largest absolute Gasteiger partial charge is 0.314 e. The van der Waals surface area contributed by atoms with Crippen LogP contribution in [0.3, 0.4) is 0 Å². The lowest BCUT2D eigenvalue weighted by molar-refractivity contribution is 0.353. The zero-order valence-electron chi connectivity index (χ0n) is 8.85. The molecule has 1 saturated carbocycles. The molecule has 1 aliphatic rings. The Labute approximate surface area is 87.2 Å². The number of nitrogens with one attached hydrogen (secondary N) is 1. The van der Waals surface area contributed by atoms with Crippen LogP contribution in [0.2, 0.25) is 0 Å². The fourth-order valence-corrected chi connectivity index (χ4v) is 2.02. The van der Waals surface area contributed by atoms with Gasteiger partial charge < -0.3 is 5.32 Å². The van der Waals surface area contributed by atoms with Crippen LogP contribution in [-0.4, -0.2) is 18.0 Å². The molecule has 13 heavy (non-hydrogen) atoms. The molecule has 0 spiro atoms. The molecule has 0 aliphatic heterocycles. The maximum atomic E-state index is 6.04. The predicted molar refractivity (Wildman–Crippen MR) is 59.4 cm³/mol.